The van der Waals surface area contributed by atoms with Gasteiger partial charge >= 0.3 is 0 Å². The summed E-state index contributed by atoms with van der Waals surface area (Å²) >= 11 is 0. The van der Waals surface area contributed by atoms with Crippen LogP contribution < -0.4 is 5.73 Å². The fraction of sp³-hybridized carbons (Fsp3) is 0.308. The molecular weight excluding hydrogens is 219 g/mol. The Hall–Kier alpha value is -1.68. The van der Waals surface area contributed by atoms with Crippen molar-refractivity contribution in [1.29, 1.82) is 0 Å². The minimum absolute atomic E-state index is 0.256. The molecule has 0 saturated carbocycles. The van der Waals surface area contributed by atoms with E-state index in [1.807, 2.05) is 0 Å². The van der Waals surface area contributed by atoms with Crippen molar-refractivity contribution >= 4 is 0 Å². The zero-order chi connectivity index (χ0) is 12.3. The predicted molar refractivity (Wildman–Crippen MR) is 64.0 cm³/mol. The van der Waals surface area contributed by atoms with Crippen LogP contribution in [0.5, 0.6) is 0 Å². The second-order valence-corrected chi connectivity index (χ2v) is 3.95. The molecule has 0 unspecified atom stereocenters. The van der Waals surface area contributed by atoms with E-state index in [0.29, 0.717) is 35.7 Å². The lowest BCUT2D eigenvalue weighted by Gasteiger charge is -2.01. The Morgan fingerprint density at radius 1 is 1.41 bits per heavy atom. The second-order valence-electron chi connectivity index (χ2n) is 3.95. The molecule has 0 radical (unpaired) electrons. The summed E-state index contributed by atoms with van der Waals surface area (Å²) in [7, 11) is 0. The van der Waals surface area contributed by atoms with Crippen LogP contribution in [0.4, 0.5) is 4.39 Å². The van der Waals surface area contributed by atoms with Gasteiger partial charge < -0.3 is 10.2 Å². The van der Waals surface area contributed by atoms with Gasteiger partial charge in [-0.2, -0.15) is 0 Å². The minimum atomic E-state index is -0.256. The number of rotatable bonds is 4. The van der Waals surface area contributed by atoms with Gasteiger partial charge in [0.2, 0.25) is 0 Å². The molecule has 2 N–H and O–H groups in total. The maximum Gasteiger partial charge on any atom is 0.194 e. The molecule has 0 fully saturated rings. The number of benzene rings is 1. The van der Waals surface area contributed by atoms with E-state index in [1.54, 1.807) is 31.3 Å². The van der Waals surface area contributed by atoms with Crippen LogP contribution in [0.1, 0.15) is 17.9 Å². The van der Waals surface area contributed by atoms with E-state index in [9.17, 15) is 4.39 Å². The van der Waals surface area contributed by atoms with Gasteiger partial charge in [-0.1, -0.05) is 12.1 Å². The Bertz CT molecular complexity index is 508. The Labute approximate surface area is 99.5 Å². The molecule has 0 aliphatic rings. The monoisotopic (exact) mass is 234 g/mol. The van der Waals surface area contributed by atoms with Crippen LogP contribution in [0.2, 0.25) is 0 Å². The van der Waals surface area contributed by atoms with Gasteiger partial charge in [0.05, 0.1) is 11.8 Å². The zero-order valence-electron chi connectivity index (χ0n) is 9.74. The summed E-state index contributed by atoms with van der Waals surface area (Å²) < 4.78 is 19.3. The average Bonchev–Trinajstić information content (AvgIpc) is 2.78. The quantitative estimate of drug-likeness (QED) is 0.884. The first kappa shape index (κ1) is 11.8. The Kier molecular flexibility index (Phi) is 3.54. The van der Waals surface area contributed by atoms with Gasteiger partial charge in [-0.15, -0.1) is 0 Å². The van der Waals surface area contributed by atoms with Crippen LogP contribution in [-0.2, 0) is 6.42 Å². The van der Waals surface area contributed by atoms with E-state index in [0.717, 1.165) is 6.42 Å². The zero-order valence-corrected chi connectivity index (χ0v) is 9.74. The number of nitrogens with zero attached hydrogens (tertiary/aromatic N) is 1. The summed E-state index contributed by atoms with van der Waals surface area (Å²) in [6.07, 6.45) is 3.06. The highest BCUT2D eigenvalue weighted by Crippen LogP contribution is 2.25. The summed E-state index contributed by atoms with van der Waals surface area (Å²) in [6.45, 7) is 2.32. The van der Waals surface area contributed by atoms with Gasteiger partial charge in [-0.05, 0) is 31.5 Å². The number of nitrogens with two attached hydrogens (primary N) is 1. The number of halogens is 1. The molecule has 0 spiro atoms. The Balaban J connectivity index is 2.27. The fourth-order valence-electron chi connectivity index (χ4n) is 1.64. The molecule has 0 aliphatic heterocycles. The summed E-state index contributed by atoms with van der Waals surface area (Å²) in [5.41, 5.74) is 6.46. The van der Waals surface area contributed by atoms with Crippen molar-refractivity contribution in [3.05, 3.63) is 41.7 Å². The van der Waals surface area contributed by atoms with Gasteiger partial charge in [0.25, 0.3) is 0 Å². The first-order chi connectivity index (χ1) is 8.22. The van der Waals surface area contributed by atoms with Crippen LogP contribution in [0.15, 0.2) is 28.8 Å². The van der Waals surface area contributed by atoms with Crippen LogP contribution in [-0.4, -0.2) is 11.5 Å². The van der Waals surface area contributed by atoms with Crippen molar-refractivity contribution in [2.45, 2.75) is 19.8 Å². The largest absolute Gasteiger partial charge is 0.441 e. The highest BCUT2D eigenvalue weighted by Gasteiger charge is 2.11. The lowest BCUT2D eigenvalue weighted by molar-refractivity contribution is 0.495. The molecule has 1 aromatic heterocycles. The van der Waals surface area contributed by atoms with Crippen molar-refractivity contribution in [1.82, 2.24) is 4.98 Å². The van der Waals surface area contributed by atoms with Crippen molar-refractivity contribution in [3.63, 3.8) is 0 Å². The molecule has 4 heteroatoms. The molecule has 2 rings (SSSR count). The molecule has 1 heterocycles. The molecule has 0 atom stereocenters. The summed E-state index contributed by atoms with van der Waals surface area (Å²) in [5, 5.41) is 0. The lowest BCUT2D eigenvalue weighted by atomic mass is 10.1. The van der Waals surface area contributed by atoms with E-state index in [-0.39, 0.29) is 5.82 Å². The van der Waals surface area contributed by atoms with Crippen LogP contribution in [0, 0.1) is 12.7 Å². The van der Waals surface area contributed by atoms with Gasteiger partial charge in [0.1, 0.15) is 5.82 Å². The molecule has 0 bridgehead atoms. The molecule has 1 aromatic carbocycles. The smallest absolute Gasteiger partial charge is 0.194 e. The molecule has 0 aliphatic carbocycles. The number of hydrogen-bond acceptors (Lipinski definition) is 3. The van der Waals surface area contributed by atoms with E-state index < -0.39 is 0 Å². The predicted octanol–water partition coefficient (Wildman–Crippen LogP) is 2.68. The summed E-state index contributed by atoms with van der Waals surface area (Å²) in [6, 6.07) is 5.22. The standard InChI is InChI=1S/C13H15FN2O/c1-9-4-2-5-10(13(9)14)11-8-16-12(17-11)6-3-7-15/h2,4-5,8H,3,6-7,15H2,1H3. The molecular formula is C13H15FN2O. The topological polar surface area (TPSA) is 52.0 Å². The molecule has 3 nitrogen and oxygen atoms in total. The minimum Gasteiger partial charge on any atom is -0.441 e. The van der Waals surface area contributed by atoms with E-state index in [4.69, 9.17) is 10.2 Å². The Morgan fingerprint density at radius 3 is 3.00 bits per heavy atom. The highest BCUT2D eigenvalue weighted by molar-refractivity contribution is 5.58. The van der Waals surface area contributed by atoms with Crippen molar-refractivity contribution in [3.8, 4) is 11.3 Å². The van der Waals surface area contributed by atoms with Crippen molar-refractivity contribution in [2.75, 3.05) is 6.54 Å². The Morgan fingerprint density at radius 2 is 2.24 bits per heavy atom. The van der Waals surface area contributed by atoms with Crippen molar-refractivity contribution in [2.24, 2.45) is 5.73 Å². The average molecular weight is 234 g/mol. The van der Waals surface area contributed by atoms with Gasteiger partial charge in [-0.25, -0.2) is 9.37 Å². The summed E-state index contributed by atoms with van der Waals surface area (Å²) in [5.74, 6) is 0.818. The highest BCUT2D eigenvalue weighted by atomic mass is 19.1. The van der Waals surface area contributed by atoms with Gasteiger partial charge in [0, 0.05) is 6.42 Å². The number of hydrogen-bond donors (Lipinski definition) is 1. The van der Waals surface area contributed by atoms with E-state index >= 15 is 0 Å². The first-order valence-corrected chi connectivity index (χ1v) is 5.62. The molecule has 2 aromatic rings. The third-order valence-electron chi connectivity index (χ3n) is 2.61. The van der Waals surface area contributed by atoms with Gasteiger partial charge in [-0.3, -0.25) is 0 Å². The number of aryl methyl sites for hydroxylation is 2. The maximum absolute atomic E-state index is 13.8. The number of oxazole rings is 1. The second kappa shape index (κ2) is 5.10. The van der Waals surface area contributed by atoms with Crippen LogP contribution in [0.3, 0.4) is 0 Å². The molecule has 0 saturated heterocycles. The molecule has 0 amide bonds. The molecule has 17 heavy (non-hydrogen) atoms. The summed E-state index contributed by atoms with van der Waals surface area (Å²) in [4.78, 5) is 4.11. The van der Waals surface area contributed by atoms with Crippen LogP contribution in [0.25, 0.3) is 11.3 Å². The van der Waals surface area contributed by atoms with Gasteiger partial charge in [0.15, 0.2) is 11.7 Å². The third-order valence-corrected chi connectivity index (χ3v) is 2.61. The molecule has 90 valence electrons. The first-order valence-electron chi connectivity index (χ1n) is 5.62. The normalized spacial score (nSPS) is 10.8. The lowest BCUT2D eigenvalue weighted by Crippen LogP contribution is -2.00. The maximum atomic E-state index is 13.8. The third kappa shape index (κ3) is 2.53. The van der Waals surface area contributed by atoms with Crippen LogP contribution >= 0.6 is 0 Å². The fourth-order valence-corrected chi connectivity index (χ4v) is 1.64. The van der Waals surface area contributed by atoms with E-state index in [2.05, 4.69) is 4.98 Å². The number of aromatic nitrogens is 1. The van der Waals surface area contributed by atoms with E-state index in [1.165, 1.54) is 0 Å². The van der Waals surface area contributed by atoms with Crippen molar-refractivity contribution < 1.29 is 8.81 Å². The SMILES string of the molecule is Cc1cccc(-c2cnc(CCCN)o2)c1F.